The minimum Gasteiger partial charge on any atom is -0.466 e. The maximum absolute atomic E-state index is 12.4. The molecule has 6 nitrogen and oxygen atoms in total. The van der Waals surface area contributed by atoms with Crippen LogP contribution in [0.5, 0.6) is 0 Å². The van der Waals surface area contributed by atoms with Crippen molar-refractivity contribution in [3.05, 3.63) is 36.5 Å². The number of carbonyl (C=O) groups is 2. The maximum atomic E-state index is 12.4. The van der Waals surface area contributed by atoms with Gasteiger partial charge in [0.2, 0.25) is 5.91 Å². The molecule has 6 heteroatoms. The molecule has 0 rings (SSSR count). The van der Waals surface area contributed by atoms with Gasteiger partial charge in [0.1, 0.15) is 0 Å². The monoisotopic (exact) mass is 816 g/mol. The van der Waals surface area contributed by atoms with Crippen molar-refractivity contribution in [3.8, 4) is 0 Å². The van der Waals surface area contributed by atoms with Crippen LogP contribution < -0.4 is 5.32 Å². The fourth-order valence-corrected chi connectivity index (χ4v) is 7.43. The molecular formula is C52H97NO5. The Morgan fingerprint density at radius 1 is 0.466 bits per heavy atom. The maximum Gasteiger partial charge on any atom is 0.305 e. The minimum atomic E-state index is -0.862. The zero-order chi connectivity index (χ0) is 42.3. The van der Waals surface area contributed by atoms with Crippen molar-refractivity contribution in [3.63, 3.8) is 0 Å². The third kappa shape index (κ3) is 43.7. The highest BCUT2D eigenvalue weighted by atomic mass is 16.5. The van der Waals surface area contributed by atoms with Gasteiger partial charge in [-0.2, -0.15) is 0 Å². The van der Waals surface area contributed by atoms with Crippen molar-refractivity contribution in [2.45, 2.75) is 270 Å². The van der Waals surface area contributed by atoms with E-state index in [4.69, 9.17) is 4.74 Å². The molecule has 0 bridgehead atoms. The fourth-order valence-electron chi connectivity index (χ4n) is 7.43. The van der Waals surface area contributed by atoms with E-state index >= 15 is 0 Å². The van der Waals surface area contributed by atoms with E-state index in [1.54, 1.807) is 6.08 Å². The Bertz CT molecular complexity index is 946. The second-order valence-electron chi connectivity index (χ2n) is 17.1. The van der Waals surface area contributed by atoms with Crippen LogP contribution in [0.4, 0.5) is 0 Å². The number of ether oxygens (including phenoxy) is 1. The van der Waals surface area contributed by atoms with Gasteiger partial charge in [-0.05, 0) is 77.0 Å². The van der Waals surface area contributed by atoms with Crippen molar-refractivity contribution in [2.24, 2.45) is 0 Å². The first-order valence-electron chi connectivity index (χ1n) is 25.3. The number of unbranched alkanes of at least 4 members (excludes halogenated alkanes) is 31. The Morgan fingerprint density at radius 3 is 1.29 bits per heavy atom. The Balaban J connectivity index is 3.56. The molecule has 0 saturated heterocycles. The van der Waals surface area contributed by atoms with Crippen molar-refractivity contribution < 1.29 is 24.5 Å². The Hall–Kier alpha value is -1.92. The zero-order valence-electron chi connectivity index (χ0n) is 38.5. The summed E-state index contributed by atoms with van der Waals surface area (Å²) in [6.07, 6.45) is 57.1. The van der Waals surface area contributed by atoms with E-state index in [9.17, 15) is 19.8 Å². The van der Waals surface area contributed by atoms with Crippen LogP contribution in [0.3, 0.4) is 0 Å². The molecule has 0 aliphatic carbocycles. The molecule has 0 aliphatic heterocycles. The summed E-state index contributed by atoms with van der Waals surface area (Å²) in [7, 11) is 0. The Morgan fingerprint density at radius 2 is 0.828 bits per heavy atom. The van der Waals surface area contributed by atoms with Gasteiger partial charge in [0.05, 0.1) is 25.4 Å². The molecule has 0 radical (unpaired) electrons. The normalized spacial score (nSPS) is 13.0. The predicted octanol–water partition coefficient (Wildman–Crippen LogP) is 14.9. The Labute approximate surface area is 360 Å². The minimum absolute atomic E-state index is 0.0257. The fraction of sp³-hybridized carbons (Fsp3) is 0.846. The summed E-state index contributed by atoms with van der Waals surface area (Å²) in [6, 6.07) is -0.648. The number of allylic oxidation sites excluding steroid dienone is 5. The van der Waals surface area contributed by atoms with E-state index in [0.717, 1.165) is 70.6 Å². The lowest BCUT2D eigenvalue weighted by Crippen LogP contribution is -2.45. The van der Waals surface area contributed by atoms with Gasteiger partial charge in [-0.1, -0.05) is 204 Å². The lowest BCUT2D eigenvalue weighted by atomic mass is 10.0. The van der Waals surface area contributed by atoms with Gasteiger partial charge in [-0.25, -0.2) is 0 Å². The van der Waals surface area contributed by atoms with Crippen LogP contribution in [0.15, 0.2) is 36.5 Å². The van der Waals surface area contributed by atoms with Crippen molar-refractivity contribution >= 4 is 11.9 Å². The number of aliphatic hydroxyl groups excluding tert-OH is 2. The summed E-state index contributed by atoms with van der Waals surface area (Å²) in [5.74, 6) is -0.124. The largest absolute Gasteiger partial charge is 0.466 e. The van der Waals surface area contributed by atoms with Crippen LogP contribution in [0.2, 0.25) is 0 Å². The lowest BCUT2D eigenvalue weighted by molar-refractivity contribution is -0.143. The molecule has 0 aromatic heterocycles. The van der Waals surface area contributed by atoms with Crippen molar-refractivity contribution in [1.29, 1.82) is 0 Å². The highest BCUT2D eigenvalue weighted by Gasteiger charge is 2.18. The summed E-state index contributed by atoms with van der Waals surface area (Å²) in [5, 5.41) is 23.0. The molecule has 2 atom stereocenters. The number of nitrogens with one attached hydrogen (secondary N) is 1. The SMILES string of the molecule is CCCC/C=C\CCCCCCCC(=O)OCCCCCCCC/C=C\CCCCCC(=O)NC(CO)C(O)/C=C/CCCCCCCCCCCCCCCCC. The van der Waals surface area contributed by atoms with Crippen molar-refractivity contribution in [1.82, 2.24) is 5.32 Å². The highest BCUT2D eigenvalue weighted by Crippen LogP contribution is 2.15. The van der Waals surface area contributed by atoms with Crippen molar-refractivity contribution in [2.75, 3.05) is 13.2 Å². The van der Waals surface area contributed by atoms with E-state index in [-0.39, 0.29) is 18.5 Å². The highest BCUT2D eigenvalue weighted by molar-refractivity contribution is 5.76. The second kappa shape index (κ2) is 47.8. The smallest absolute Gasteiger partial charge is 0.305 e. The van der Waals surface area contributed by atoms with E-state index in [2.05, 4.69) is 43.5 Å². The first-order chi connectivity index (χ1) is 28.5. The van der Waals surface area contributed by atoms with E-state index in [0.29, 0.717) is 19.4 Å². The number of amides is 1. The van der Waals surface area contributed by atoms with Gasteiger partial charge in [-0.3, -0.25) is 9.59 Å². The predicted molar refractivity (Wildman–Crippen MR) is 250 cm³/mol. The molecule has 0 saturated carbocycles. The van der Waals surface area contributed by atoms with E-state index in [1.807, 2.05) is 6.08 Å². The first-order valence-corrected chi connectivity index (χ1v) is 25.3. The molecular weight excluding hydrogens is 719 g/mol. The summed E-state index contributed by atoms with van der Waals surface area (Å²) in [5.41, 5.74) is 0. The van der Waals surface area contributed by atoms with Crippen LogP contribution in [0.1, 0.15) is 258 Å². The lowest BCUT2D eigenvalue weighted by Gasteiger charge is -2.19. The molecule has 0 spiro atoms. The molecule has 0 fully saturated rings. The standard InChI is InChI=1S/C52H97NO5/c1-3-5-7-9-11-13-15-16-17-18-19-21-25-28-32-36-40-44-50(55)49(48-54)53-51(56)45-41-37-33-29-26-22-20-23-27-31-35-39-43-47-58-52(57)46-42-38-34-30-24-14-12-10-8-6-4-2/h10,12,22,26,40,44,49-50,54-55H,3-9,11,13-21,23-25,27-39,41-43,45-48H2,1-2H3,(H,53,56)/b12-10-,26-22-,44-40+. The molecule has 0 heterocycles. The number of hydrogen-bond acceptors (Lipinski definition) is 5. The third-order valence-corrected chi connectivity index (χ3v) is 11.4. The van der Waals surface area contributed by atoms with E-state index < -0.39 is 12.1 Å². The van der Waals surface area contributed by atoms with Crippen LogP contribution in [-0.4, -0.2) is 47.4 Å². The average molecular weight is 816 g/mol. The molecule has 340 valence electrons. The first kappa shape index (κ1) is 56.1. The Kier molecular flexibility index (Phi) is 46.2. The van der Waals surface area contributed by atoms with Crippen LogP contribution in [0, 0.1) is 0 Å². The molecule has 0 aromatic carbocycles. The average Bonchev–Trinajstić information content (AvgIpc) is 3.22. The van der Waals surface area contributed by atoms with Gasteiger partial charge >= 0.3 is 5.97 Å². The molecule has 0 aliphatic rings. The molecule has 2 unspecified atom stereocenters. The number of hydrogen-bond donors (Lipinski definition) is 3. The summed E-state index contributed by atoms with van der Waals surface area (Å²) in [6.45, 7) is 4.81. The quantitative estimate of drug-likeness (QED) is 0.0323. The van der Waals surface area contributed by atoms with Crippen LogP contribution in [0.25, 0.3) is 0 Å². The second-order valence-corrected chi connectivity index (χ2v) is 17.1. The topological polar surface area (TPSA) is 95.9 Å². The van der Waals surface area contributed by atoms with Gasteiger partial charge < -0.3 is 20.3 Å². The van der Waals surface area contributed by atoms with Gasteiger partial charge in [0.25, 0.3) is 0 Å². The number of aliphatic hydroxyl groups is 2. The number of esters is 1. The van der Waals surface area contributed by atoms with Gasteiger partial charge in [0, 0.05) is 12.8 Å². The third-order valence-electron chi connectivity index (χ3n) is 11.4. The molecule has 58 heavy (non-hydrogen) atoms. The number of rotatable bonds is 46. The summed E-state index contributed by atoms with van der Waals surface area (Å²) in [4.78, 5) is 24.4. The number of carbonyl (C=O) groups excluding carboxylic acids is 2. The molecule has 3 N–H and O–H groups in total. The molecule has 1 amide bonds. The van der Waals surface area contributed by atoms with Gasteiger partial charge in [-0.15, -0.1) is 0 Å². The zero-order valence-corrected chi connectivity index (χ0v) is 38.5. The van der Waals surface area contributed by atoms with Crippen LogP contribution in [-0.2, 0) is 14.3 Å². The summed E-state index contributed by atoms with van der Waals surface area (Å²) < 4.78 is 5.43. The van der Waals surface area contributed by atoms with E-state index in [1.165, 1.54) is 161 Å². The molecule has 0 aromatic rings. The summed E-state index contributed by atoms with van der Waals surface area (Å²) >= 11 is 0. The van der Waals surface area contributed by atoms with Gasteiger partial charge in [0.15, 0.2) is 0 Å². The van der Waals surface area contributed by atoms with Crippen LogP contribution >= 0.6 is 0 Å².